The summed E-state index contributed by atoms with van der Waals surface area (Å²) < 4.78 is 4.92. The average molecular weight is 214 g/mol. The Morgan fingerprint density at radius 2 is 2.36 bits per heavy atom. The highest BCUT2D eigenvalue weighted by Crippen LogP contribution is 2.10. The molecule has 1 aliphatic heterocycles. The molecule has 0 aromatic rings. The van der Waals surface area contributed by atoms with Gasteiger partial charge < -0.3 is 15.4 Å². The summed E-state index contributed by atoms with van der Waals surface area (Å²) in [6.07, 6.45) is 2.41. The van der Waals surface area contributed by atoms with Crippen LogP contribution in [0.2, 0.25) is 0 Å². The topological polar surface area (TPSA) is 50.4 Å². The molecule has 1 unspecified atom stereocenters. The molecule has 0 radical (unpaired) electrons. The van der Waals surface area contributed by atoms with E-state index in [9.17, 15) is 4.79 Å². The van der Waals surface area contributed by atoms with E-state index >= 15 is 0 Å². The summed E-state index contributed by atoms with van der Waals surface area (Å²) in [6, 6.07) is -0.0391. The molecule has 0 saturated heterocycles. The van der Waals surface area contributed by atoms with Crippen molar-refractivity contribution in [3.63, 3.8) is 0 Å². The maximum Gasteiger partial charge on any atom is 0.337 e. The van der Waals surface area contributed by atoms with Gasteiger partial charge in [0, 0.05) is 6.20 Å². The number of nitrogens with one attached hydrogen (secondary N) is 2. The molecule has 0 aliphatic carbocycles. The summed E-state index contributed by atoms with van der Waals surface area (Å²) in [4.78, 5) is 11.5. The highest BCUT2D eigenvalue weighted by Gasteiger charge is 2.24. The van der Waals surface area contributed by atoms with Crippen molar-refractivity contribution in [2.24, 2.45) is 0 Å². The molecule has 0 saturated carbocycles. The molecule has 1 heterocycles. The lowest BCUT2D eigenvalue weighted by molar-refractivity contribution is -0.138. The summed E-state index contributed by atoms with van der Waals surface area (Å²) in [6.45, 7) is 4.16. The van der Waals surface area contributed by atoms with Crippen LogP contribution in [0.5, 0.6) is 0 Å². The zero-order valence-corrected chi connectivity index (χ0v) is 9.11. The molecule has 0 bridgehead atoms. The van der Waals surface area contributed by atoms with Gasteiger partial charge in [-0.3, -0.25) is 0 Å². The lowest BCUT2D eigenvalue weighted by atomic mass is 10.1. The molecule has 78 valence electrons. The maximum absolute atomic E-state index is 11.5. The minimum atomic E-state index is -0.290. The maximum atomic E-state index is 11.5. The molecule has 1 rings (SSSR count). The first-order valence-electron chi connectivity index (χ1n) is 4.63. The van der Waals surface area contributed by atoms with E-state index in [1.807, 2.05) is 6.92 Å². The third kappa shape index (κ3) is 2.45. The first-order valence-corrected chi connectivity index (χ1v) is 5.04. The van der Waals surface area contributed by atoms with E-state index in [4.69, 9.17) is 17.0 Å². The third-order valence-electron chi connectivity index (χ3n) is 1.96. The van der Waals surface area contributed by atoms with Gasteiger partial charge in [-0.05, 0) is 25.6 Å². The predicted molar refractivity (Wildman–Crippen MR) is 57.7 cm³/mol. The molecule has 5 heteroatoms. The van der Waals surface area contributed by atoms with E-state index in [1.54, 1.807) is 13.1 Å². The molecular weight excluding hydrogens is 200 g/mol. The van der Waals surface area contributed by atoms with Crippen LogP contribution in [0.1, 0.15) is 20.3 Å². The number of carbonyl (C=O) groups excluding carboxylic acids is 1. The normalized spacial score (nSPS) is 20.6. The number of hydrogen-bond donors (Lipinski definition) is 2. The Morgan fingerprint density at radius 3 is 2.93 bits per heavy atom. The van der Waals surface area contributed by atoms with Crippen molar-refractivity contribution in [2.45, 2.75) is 26.3 Å². The van der Waals surface area contributed by atoms with Gasteiger partial charge in [0.1, 0.15) is 0 Å². The summed E-state index contributed by atoms with van der Waals surface area (Å²) in [7, 11) is 0. The minimum Gasteiger partial charge on any atom is -0.463 e. The first kappa shape index (κ1) is 11.0. The van der Waals surface area contributed by atoms with E-state index in [2.05, 4.69) is 10.6 Å². The lowest BCUT2D eigenvalue weighted by Crippen LogP contribution is -2.47. The SMILES string of the molecule is CCOC(=O)C1=CNC(=S)NC1CC. The Hall–Kier alpha value is -1.10. The Labute approximate surface area is 88.7 Å². The second-order valence-electron chi connectivity index (χ2n) is 2.90. The molecule has 14 heavy (non-hydrogen) atoms. The van der Waals surface area contributed by atoms with Gasteiger partial charge in [-0.25, -0.2) is 4.79 Å². The van der Waals surface area contributed by atoms with Crippen molar-refractivity contribution in [1.29, 1.82) is 0 Å². The molecule has 1 aliphatic rings. The molecule has 1 atom stereocenters. The Balaban J connectivity index is 2.74. The highest BCUT2D eigenvalue weighted by atomic mass is 32.1. The number of hydrogen-bond acceptors (Lipinski definition) is 3. The highest BCUT2D eigenvalue weighted by molar-refractivity contribution is 7.80. The van der Waals surface area contributed by atoms with Gasteiger partial charge >= 0.3 is 5.97 Å². The van der Waals surface area contributed by atoms with Gasteiger partial charge in [0.25, 0.3) is 0 Å². The molecule has 0 aromatic carbocycles. The molecule has 0 spiro atoms. The molecular formula is C9H14N2O2S. The van der Waals surface area contributed by atoms with Gasteiger partial charge in [-0.1, -0.05) is 6.92 Å². The fraction of sp³-hybridized carbons (Fsp3) is 0.556. The number of rotatable bonds is 3. The van der Waals surface area contributed by atoms with Gasteiger partial charge in [-0.15, -0.1) is 0 Å². The Kier molecular flexibility index (Phi) is 3.88. The van der Waals surface area contributed by atoms with Crippen LogP contribution < -0.4 is 10.6 Å². The van der Waals surface area contributed by atoms with Gasteiger partial charge in [-0.2, -0.15) is 0 Å². The van der Waals surface area contributed by atoms with Gasteiger partial charge in [0.05, 0.1) is 18.2 Å². The average Bonchev–Trinajstić information content (AvgIpc) is 2.17. The van der Waals surface area contributed by atoms with Gasteiger partial charge in [0.15, 0.2) is 5.11 Å². The fourth-order valence-electron chi connectivity index (χ4n) is 1.26. The zero-order chi connectivity index (χ0) is 10.6. The van der Waals surface area contributed by atoms with Crippen LogP contribution in [0.25, 0.3) is 0 Å². The van der Waals surface area contributed by atoms with Crippen molar-refractivity contribution in [1.82, 2.24) is 10.6 Å². The smallest absolute Gasteiger partial charge is 0.337 e. The minimum absolute atomic E-state index is 0.0391. The Bertz CT molecular complexity index is 276. The molecule has 0 amide bonds. The predicted octanol–water partition coefficient (Wildman–Crippen LogP) is 0.690. The number of esters is 1. The second-order valence-corrected chi connectivity index (χ2v) is 3.31. The van der Waals surface area contributed by atoms with Crippen molar-refractivity contribution in [3.8, 4) is 0 Å². The monoisotopic (exact) mass is 214 g/mol. The van der Waals surface area contributed by atoms with Crippen LogP contribution in [-0.4, -0.2) is 23.7 Å². The second kappa shape index (κ2) is 4.95. The quantitative estimate of drug-likeness (QED) is 0.535. The molecule has 2 N–H and O–H groups in total. The largest absolute Gasteiger partial charge is 0.463 e. The van der Waals surface area contributed by atoms with Crippen LogP contribution in [0.4, 0.5) is 0 Å². The van der Waals surface area contributed by atoms with E-state index < -0.39 is 0 Å². The van der Waals surface area contributed by atoms with Crippen molar-refractivity contribution in [2.75, 3.05) is 6.61 Å². The van der Waals surface area contributed by atoms with E-state index in [-0.39, 0.29) is 12.0 Å². The Morgan fingerprint density at radius 1 is 1.64 bits per heavy atom. The van der Waals surface area contributed by atoms with E-state index in [0.717, 1.165) is 6.42 Å². The third-order valence-corrected chi connectivity index (χ3v) is 2.19. The summed E-state index contributed by atoms with van der Waals surface area (Å²) in [5.74, 6) is -0.290. The molecule has 4 nitrogen and oxygen atoms in total. The first-order chi connectivity index (χ1) is 6.69. The van der Waals surface area contributed by atoms with Crippen molar-refractivity contribution in [3.05, 3.63) is 11.8 Å². The summed E-state index contributed by atoms with van der Waals surface area (Å²) in [5.41, 5.74) is 0.600. The van der Waals surface area contributed by atoms with Crippen LogP contribution in [-0.2, 0) is 9.53 Å². The van der Waals surface area contributed by atoms with Crippen LogP contribution in [0.15, 0.2) is 11.8 Å². The van der Waals surface area contributed by atoms with Crippen LogP contribution >= 0.6 is 12.2 Å². The van der Waals surface area contributed by atoms with Crippen LogP contribution in [0.3, 0.4) is 0 Å². The van der Waals surface area contributed by atoms with Gasteiger partial charge in [0.2, 0.25) is 0 Å². The number of carbonyl (C=O) groups is 1. The van der Waals surface area contributed by atoms with E-state index in [1.165, 1.54) is 0 Å². The van der Waals surface area contributed by atoms with Crippen molar-refractivity contribution >= 4 is 23.3 Å². The fourth-order valence-corrected chi connectivity index (χ4v) is 1.46. The standard InChI is InChI=1S/C9H14N2O2S/c1-3-7-6(8(12)13-4-2)5-10-9(14)11-7/h5,7H,3-4H2,1-2H3,(H2,10,11,14). The lowest BCUT2D eigenvalue weighted by Gasteiger charge is -2.25. The zero-order valence-electron chi connectivity index (χ0n) is 8.29. The number of ether oxygens (including phenoxy) is 1. The number of thiocarbonyl (C=S) groups is 1. The van der Waals surface area contributed by atoms with Crippen LogP contribution in [0, 0.1) is 0 Å². The summed E-state index contributed by atoms with van der Waals surface area (Å²) in [5, 5.41) is 6.35. The van der Waals surface area contributed by atoms with Crippen molar-refractivity contribution < 1.29 is 9.53 Å². The summed E-state index contributed by atoms with van der Waals surface area (Å²) >= 11 is 4.93. The molecule has 0 aromatic heterocycles. The van der Waals surface area contributed by atoms with E-state index in [0.29, 0.717) is 17.3 Å². The molecule has 0 fully saturated rings.